The SMILES string of the molecule is Clc1ccccc1Sc1nc(CN2CCOCC2)nc2scc(-c3ccccc3)c12. The van der Waals surface area contributed by atoms with Gasteiger partial charge in [0.1, 0.15) is 15.7 Å². The Labute approximate surface area is 188 Å². The molecular weight excluding hydrogens is 434 g/mol. The van der Waals surface area contributed by atoms with Gasteiger partial charge in [-0.3, -0.25) is 4.90 Å². The summed E-state index contributed by atoms with van der Waals surface area (Å²) >= 11 is 9.75. The van der Waals surface area contributed by atoms with E-state index in [0.29, 0.717) is 0 Å². The minimum absolute atomic E-state index is 0.730. The van der Waals surface area contributed by atoms with Gasteiger partial charge in [-0.15, -0.1) is 11.3 Å². The monoisotopic (exact) mass is 453 g/mol. The molecule has 2 aromatic heterocycles. The summed E-state index contributed by atoms with van der Waals surface area (Å²) in [6, 6.07) is 18.3. The van der Waals surface area contributed by atoms with E-state index in [-0.39, 0.29) is 0 Å². The molecule has 1 aliphatic rings. The number of hydrogen-bond acceptors (Lipinski definition) is 6. The highest BCUT2D eigenvalue weighted by Crippen LogP contribution is 2.42. The van der Waals surface area contributed by atoms with Crippen molar-refractivity contribution in [1.29, 1.82) is 0 Å². The molecule has 0 aliphatic carbocycles. The molecule has 4 aromatic rings. The van der Waals surface area contributed by atoms with E-state index in [9.17, 15) is 0 Å². The molecule has 2 aromatic carbocycles. The molecule has 0 atom stereocenters. The van der Waals surface area contributed by atoms with E-state index in [2.05, 4.69) is 34.5 Å². The lowest BCUT2D eigenvalue weighted by Gasteiger charge is -2.25. The predicted octanol–water partition coefficient (Wildman–Crippen LogP) is 6.00. The molecule has 0 amide bonds. The lowest BCUT2D eigenvalue weighted by Crippen LogP contribution is -2.36. The summed E-state index contributed by atoms with van der Waals surface area (Å²) in [4.78, 5) is 14.3. The fraction of sp³-hybridized carbons (Fsp3) is 0.217. The molecule has 0 unspecified atom stereocenters. The van der Waals surface area contributed by atoms with Crippen molar-refractivity contribution in [1.82, 2.24) is 14.9 Å². The summed E-state index contributed by atoms with van der Waals surface area (Å²) in [6.45, 7) is 4.08. The van der Waals surface area contributed by atoms with Gasteiger partial charge in [0.15, 0.2) is 0 Å². The summed E-state index contributed by atoms with van der Waals surface area (Å²) < 4.78 is 5.48. The predicted molar refractivity (Wildman–Crippen MR) is 125 cm³/mol. The van der Waals surface area contributed by atoms with Crippen LogP contribution in [0.5, 0.6) is 0 Å². The van der Waals surface area contributed by atoms with Crippen LogP contribution in [-0.2, 0) is 11.3 Å². The van der Waals surface area contributed by atoms with Crippen LogP contribution in [0.2, 0.25) is 5.02 Å². The quantitative estimate of drug-likeness (QED) is 0.347. The largest absolute Gasteiger partial charge is 0.379 e. The zero-order valence-electron chi connectivity index (χ0n) is 16.3. The van der Waals surface area contributed by atoms with Crippen molar-refractivity contribution in [3.8, 4) is 11.1 Å². The summed E-state index contributed by atoms with van der Waals surface area (Å²) in [6.07, 6.45) is 0. The molecule has 0 N–H and O–H groups in total. The van der Waals surface area contributed by atoms with Crippen molar-refractivity contribution in [2.75, 3.05) is 26.3 Å². The van der Waals surface area contributed by atoms with Gasteiger partial charge in [0.25, 0.3) is 0 Å². The topological polar surface area (TPSA) is 38.2 Å². The third-order valence-corrected chi connectivity index (χ3v) is 7.42. The van der Waals surface area contributed by atoms with Crippen LogP contribution in [0.1, 0.15) is 5.82 Å². The molecule has 0 saturated carbocycles. The highest BCUT2D eigenvalue weighted by Gasteiger charge is 2.19. The van der Waals surface area contributed by atoms with Crippen LogP contribution in [0.3, 0.4) is 0 Å². The molecule has 4 nitrogen and oxygen atoms in total. The molecule has 5 rings (SSSR count). The number of halogens is 1. The number of morpholine rings is 1. The van der Waals surface area contributed by atoms with E-state index in [1.165, 1.54) is 11.1 Å². The standard InChI is InChI=1S/C23H20ClN3OS2/c24-18-8-4-5-9-19(18)30-23-21-17(16-6-2-1-3-7-16)15-29-22(21)25-20(26-23)14-27-10-12-28-13-11-27/h1-9,15H,10-14H2. The van der Waals surface area contributed by atoms with Crippen molar-refractivity contribution < 1.29 is 4.74 Å². The zero-order chi connectivity index (χ0) is 20.3. The number of ether oxygens (including phenoxy) is 1. The number of aromatic nitrogens is 2. The van der Waals surface area contributed by atoms with Crippen molar-refractivity contribution in [3.05, 3.63) is 70.8 Å². The molecule has 1 fully saturated rings. The van der Waals surface area contributed by atoms with Crippen LogP contribution in [0, 0.1) is 0 Å². The minimum atomic E-state index is 0.730. The first-order valence-corrected chi connectivity index (χ1v) is 11.9. The van der Waals surface area contributed by atoms with Gasteiger partial charge in [-0.05, 0) is 17.7 Å². The summed E-state index contributed by atoms with van der Waals surface area (Å²) in [5, 5.41) is 4.97. The van der Waals surface area contributed by atoms with Crippen molar-refractivity contribution in [2.24, 2.45) is 0 Å². The Hall–Kier alpha value is -1.96. The average Bonchev–Trinajstić information content (AvgIpc) is 3.21. The molecule has 152 valence electrons. The second kappa shape index (κ2) is 9.04. The maximum absolute atomic E-state index is 6.47. The number of rotatable bonds is 5. The molecule has 1 saturated heterocycles. The van der Waals surface area contributed by atoms with Crippen molar-refractivity contribution >= 4 is 44.9 Å². The van der Waals surface area contributed by atoms with Crippen LogP contribution in [0.4, 0.5) is 0 Å². The lowest BCUT2D eigenvalue weighted by molar-refractivity contribution is 0.0330. The average molecular weight is 454 g/mol. The number of thiophene rings is 1. The smallest absolute Gasteiger partial charge is 0.145 e. The number of nitrogens with zero attached hydrogens (tertiary/aromatic N) is 3. The first-order chi connectivity index (χ1) is 14.8. The van der Waals surface area contributed by atoms with E-state index in [1.807, 2.05) is 30.3 Å². The number of hydrogen-bond donors (Lipinski definition) is 0. The molecular formula is C23H20ClN3OS2. The molecule has 0 radical (unpaired) electrons. The third-order valence-electron chi connectivity index (χ3n) is 5.04. The van der Waals surface area contributed by atoms with Gasteiger partial charge in [-0.2, -0.15) is 0 Å². The van der Waals surface area contributed by atoms with Crippen LogP contribution in [0.25, 0.3) is 21.3 Å². The van der Waals surface area contributed by atoms with Crippen LogP contribution < -0.4 is 0 Å². The van der Waals surface area contributed by atoms with Crippen LogP contribution >= 0.6 is 34.7 Å². The maximum atomic E-state index is 6.47. The van der Waals surface area contributed by atoms with Crippen LogP contribution in [0.15, 0.2) is 69.9 Å². The third kappa shape index (κ3) is 4.24. The van der Waals surface area contributed by atoms with Gasteiger partial charge in [0.05, 0.1) is 30.2 Å². The molecule has 1 aliphatic heterocycles. The van der Waals surface area contributed by atoms with Crippen molar-refractivity contribution in [3.63, 3.8) is 0 Å². The van der Waals surface area contributed by atoms with E-state index in [0.717, 1.165) is 63.8 Å². The zero-order valence-corrected chi connectivity index (χ0v) is 18.6. The Morgan fingerprint density at radius 3 is 2.57 bits per heavy atom. The number of fused-ring (bicyclic) bond motifs is 1. The first kappa shape index (κ1) is 20.0. The molecule has 7 heteroatoms. The van der Waals surface area contributed by atoms with Gasteiger partial charge in [0, 0.05) is 28.9 Å². The minimum Gasteiger partial charge on any atom is -0.379 e. The molecule has 0 spiro atoms. The van der Waals surface area contributed by atoms with Gasteiger partial charge < -0.3 is 4.74 Å². The van der Waals surface area contributed by atoms with Gasteiger partial charge in [-0.25, -0.2) is 9.97 Å². The Balaban J connectivity index is 1.60. The van der Waals surface area contributed by atoms with E-state index in [1.54, 1.807) is 23.1 Å². The maximum Gasteiger partial charge on any atom is 0.145 e. The Kier molecular flexibility index (Phi) is 6.02. The Morgan fingerprint density at radius 1 is 1.00 bits per heavy atom. The second-order valence-corrected chi connectivity index (χ2v) is 9.36. The van der Waals surface area contributed by atoms with E-state index in [4.69, 9.17) is 26.3 Å². The van der Waals surface area contributed by atoms with Crippen molar-refractivity contribution in [2.45, 2.75) is 16.5 Å². The molecule has 30 heavy (non-hydrogen) atoms. The highest BCUT2D eigenvalue weighted by atomic mass is 35.5. The molecule has 0 bridgehead atoms. The van der Waals surface area contributed by atoms with E-state index < -0.39 is 0 Å². The highest BCUT2D eigenvalue weighted by molar-refractivity contribution is 7.99. The van der Waals surface area contributed by atoms with Gasteiger partial charge >= 0.3 is 0 Å². The van der Waals surface area contributed by atoms with Crippen LogP contribution in [-0.4, -0.2) is 41.2 Å². The molecule has 3 heterocycles. The lowest BCUT2D eigenvalue weighted by atomic mass is 10.1. The van der Waals surface area contributed by atoms with Gasteiger partial charge in [-0.1, -0.05) is 65.8 Å². The van der Waals surface area contributed by atoms with E-state index >= 15 is 0 Å². The fourth-order valence-electron chi connectivity index (χ4n) is 3.52. The van der Waals surface area contributed by atoms with Gasteiger partial charge in [0.2, 0.25) is 0 Å². The Morgan fingerprint density at radius 2 is 1.77 bits per heavy atom. The fourth-order valence-corrected chi connectivity index (χ4v) is 5.78. The first-order valence-electron chi connectivity index (χ1n) is 9.84. The summed E-state index contributed by atoms with van der Waals surface area (Å²) in [5.41, 5.74) is 2.34. The summed E-state index contributed by atoms with van der Waals surface area (Å²) in [5.74, 6) is 0.848. The second-order valence-electron chi connectivity index (χ2n) is 7.06. The number of benzene rings is 2. The normalized spacial score (nSPS) is 15.0. The Bertz CT molecular complexity index is 1160. The summed E-state index contributed by atoms with van der Waals surface area (Å²) in [7, 11) is 0.